The summed E-state index contributed by atoms with van der Waals surface area (Å²) in [7, 11) is 0. The topological polar surface area (TPSA) is 67.2 Å². The average Bonchev–Trinajstić information content (AvgIpc) is 3.19. The van der Waals surface area contributed by atoms with E-state index in [9.17, 15) is 9.90 Å². The Morgan fingerprint density at radius 3 is 2.75 bits per heavy atom. The molecule has 5 nitrogen and oxygen atoms in total. The molecule has 1 unspecified atom stereocenters. The highest BCUT2D eigenvalue weighted by atomic mass is 16.3. The van der Waals surface area contributed by atoms with E-state index in [0.717, 1.165) is 18.5 Å². The Balaban J connectivity index is 1.60. The molecule has 1 aliphatic carbocycles. The van der Waals surface area contributed by atoms with Gasteiger partial charge in [-0.15, -0.1) is 0 Å². The molecule has 0 bridgehead atoms. The van der Waals surface area contributed by atoms with Crippen LogP contribution in [0.2, 0.25) is 0 Å². The summed E-state index contributed by atoms with van der Waals surface area (Å²) < 4.78 is 1.73. The summed E-state index contributed by atoms with van der Waals surface area (Å²) in [6.07, 6.45) is 5.27. The number of aromatic nitrogens is 2. The number of amides is 1. The SMILES string of the molecule is O=C(NCC(O)C1CC1)c1ccc(-n2cccn2)cc1. The van der Waals surface area contributed by atoms with Crippen LogP contribution in [0.25, 0.3) is 5.69 Å². The Bertz CT molecular complexity index is 574. The van der Waals surface area contributed by atoms with Crippen LogP contribution in [0.1, 0.15) is 23.2 Å². The molecule has 5 heteroatoms. The molecule has 1 fully saturated rings. The lowest BCUT2D eigenvalue weighted by atomic mass is 10.2. The lowest BCUT2D eigenvalue weighted by Crippen LogP contribution is -2.33. The average molecular weight is 271 g/mol. The highest BCUT2D eigenvalue weighted by Crippen LogP contribution is 2.32. The Morgan fingerprint density at radius 2 is 2.15 bits per heavy atom. The smallest absolute Gasteiger partial charge is 0.251 e. The number of carbonyl (C=O) groups excluding carboxylic acids is 1. The van der Waals surface area contributed by atoms with Crippen LogP contribution in [-0.4, -0.2) is 33.4 Å². The van der Waals surface area contributed by atoms with Gasteiger partial charge in [-0.3, -0.25) is 4.79 Å². The third kappa shape index (κ3) is 2.88. The first-order chi connectivity index (χ1) is 9.74. The predicted octanol–water partition coefficient (Wildman–Crippen LogP) is 1.37. The molecule has 0 aliphatic heterocycles. The highest BCUT2D eigenvalue weighted by Gasteiger charge is 2.29. The van der Waals surface area contributed by atoms with Crippen molar-refractivity contribution in [2.75, 3.05) is 6.54 Å². The molecule has 3 rings (SSSR count). The monoisotopic (exact) mass is 271 g/mol. The van der Waals surface area contributed by atoms with Gasteiger partial charge in [0, 0.05) is 24.5 Å². The van der Waals surface area contributed by atoms with E-state index in [0.29, 0.717) is 18.0 Å². The van der Waals surface area contributed by atoms with E-state index >= 15 is 0 Å². The number of aliphatic hydroxyl groups excluding tert-OH is 1. The van der Waals surface area contributed by atoms with Crippen LogP contribution in [-0.2, 0) is 0 Å². The summed E-state index contributed by atoms with van der Waals surface area (Å²) in [5.74, 6) is 0.217. The number of rotatable bonds is 5. The van der Waals surface area contributed by atoms with Gasteiger partial charge in [0.1, 0.15) is 0 Å². The zero-order valence-corrected chi connectivity index (χ0v) is 11.1. The van der Waals surface area contributed by atoms with Crippen LogP contribution in [0.5, 0.6) is 0 Å². The molecule has 1 aromatic carbocycles. The van der Waals surface area contributed by atoms with Crippen molar-refractivity contribution in [3.8, 4) is 5.69 Å². The third-order valence-electron chi connectivity index (χ3n) is 3.54. The molecule has 1 aromatic heterocycles. The van der Waals surface area contributed by atoms with Crippen LogP contribution < -0.4 is 5.32 Å². The molecule has 0 spiro atoms. The number of carbonyl (C=O) groups is 1. The molecule has 20 heavy (non-hydrogen) atoms. The van der Waals surface area contributed by atoms with Crippen LogP contribution >= 0.6 is 0 Å². The van der Waals surface area contributed by atoms with E-state index in [1.165, 1.54) is 0 Å². The normalized spacial score (nSPS) is 15.8. The van der Waals surface area contributed by atoms with Crippen molar-refractivity contribution >= 4 is 5.91 Å². The third-order valence-corrected chi connectivity index (χ3v) is 3.54. The molecule has 0 saturated heterocycles. The Labute approximate surface area is 117 Å². The largest absolute Gasteiger partial charge is 0.391 e. The Morgan fingerprint density at radius 1 is 1.40 bits per heavy atom. The maximum Gasteiger partial charge on any atom is 0.251 e. The first kappa shape index (κ1) is 12.9. The zero-order chi connectivity index (χ0) is 13.9. The fraction of sp³-hybridized carbons (Fsp3) is 0.333. The van der Waals surface area contributed by atoms with E-state index in [1.807, 2.05) is 24.4 Å². The first-order valence-corrected chi connectivity index (χ1v) is 6.80. The molecule has 1 saturated carbocycles. The summed E-state index contributed by atoms with van der Waals surface area (Å²) in [5.41, 5.74) is 1.49. The summed E-state index contributed by atoms with van der Waals surface area (Å²) >= 11 is 0. The summed E-state index contributed by atoms with van der Waals surface area (Å²) in [4.78, 5) is 11.9. The van der Waals surface area contributed by atoms with E-state index < -0.39 is 6.10 Å². The van der Waals surface area contributed by atoms with Gasteiger partial charge in [-0.05, 0) is 49.1 Å². The van der Waals surface area contributed by atoms with Crippen molar-refractivity contribution in [3.63, 3.8) is 0 Å². The van der Waals surface area contributed by atoms with E-state index in [-0.39, 0.29) is 5.91 Å². The molecule has 1 heterocycles. The Kier molecular flexibility index (Phi) is 3.52. The minimum Gasteiger partial charge on any atom is -0.391 e. The molecule has 104 valence electrons. The van der Waals surface area contributed by atoms with Crippen molar-refractivity contribution < 1.29 is 9.90 Å². The maximum absolute atomic E-state index is 11.9. The van der Waals surface area contributed by atoms with Crippen molar-refractivity contribution in [1.82, 2.24) is 15.1 Å². The van der Waals surface area contributed by atoms with Gasteiger partial charge in [-0.25, -0.2) is 4.68 Å². The number of benzene rings is 1. The molecule has 1 atom stereocenters. The van der Waals surface area contributed by atoms with E-state index in [1.54, 1.807) is 23.0 Å². The maximum atomic E-state index is 11.9. The van der Waals surface area contributed by atoms with Crippen LogP contribution in [0.15, 0.2) is 42.7 Å². The number of hydrogen-bond acceptors (Lipinski definition) is 3. The first-order valence-electron chi connectivity index (χ1n) is 6.80. The fourth-order valence-electron chi connectivity index (χ4n) is 2.13. The molecule has 0 radical (unpaired) electrons. The lowest BCUT2D eigenvalue weighted by molar-refractivity contribution is 0.0901. The molecule has 2 N–H and O–H groups in total. The molecule has 1 amide bonds. The van der Waals surface area contributed by atoms with Gasteiger partial charge in [0.15, 0.2) is 0 Å². The van der Waals surface area contributed by atoms with E-state index in [4.69, 9.17) is 0 Å². The van der Waals surface area contributed by atoms with Gasteiger partial charge in [0.2, 0.25) is 0 Å². The molecule has 1 aliphatic rings. The second-order valence-corrected chi connectivity index (χ2v) is 5.11. The lowest BCUT2D eigenvalue weighted by Gasteiger charge is -2.11. The predicted molar refractivity (Wildman–Crippen MR) is 74.6 cm³/mol. The van der Waals surface area contributed by atoms with E-state index in [2.05, 4.69) is 10.4 Å². The zero-order valence-electron chi connectivity index (χ0n) is 11.1. The minimum absolute atomic E-state index is 0.156. The highest BCUT2D eigenvalue weighted by molar-refractivity contribution is 5.94. The second kappa shape index (κ2) is 5.46. The number of aliphatic hydroxyl groups is 1. The number of nitrogens with zero attached hydrogens (tertiary/aromatic N) is 2. The van der Waals surface area contributed by atoms with Gasteiger partial charge in [0.25, 0.3) is 5.91 Å². The van der Waals surface area contributed by atoms with Crippen molar-refractivity contribution in [2.45, 2.75) is 18.9 Å². The second-order valence-electron chi connectivity index (χ2n) is 5.11. The van der Waals surface area contributed by atoms with Gasteiger partial charge < -0.3 is 10.4 Å². The van der Waals surface area contributed by atoms with Crippen LogP contribution in [0, 0.1) is 5.92 Å². The van der Waals surface area contributed by atoms with Crippen molar-refractivity contribution in [1.29, 1.82) is 0 Å². The molecular formula is C15H17N3O2. The quantitative estimate of drug-likeness (QED) is 0.863. The Hall–Kier alpha value is -2.14. The van der Waals surface area contributed by atoms with Crippen molar-refractivity contribution in [2.24, 2.45) is 5.92 Å². The molecular weight excluding hydrogens is 254 g/mol. The van der Waals surface area contributed by atoms with Gasteiger partial charge >= 0.3 is 0 Å². The van der Waals surface area contributed by atoms with Gasteiger partial charge in [-0.1, -0.05) is 0 Å². The summed E-state index contributed by atoms with van der Waals surface area (Å²) in [5, 5.41) is 16.6. The van der Waals surface area contributed by atoms with Gasteiger partial charge in [-0.2, -0.15) is 5.10 Å². The van der Waals surface area contributed by atoms with Crippen LogP contribution in [0.4, 0.5) is 0 Å². The standard InChI is InChI=1S/C15H17N3O2/c19-14(11-2-3-11)10-16-15(20)12-4-6-13(7-5-12)18-9-1-8-17-18/h1,4-9,11,14,19H,2-3,10H2,(H,16,20). The van der Waals surface area contributed by atoms with Crippen molar-refractivity contribution in [3.05, 3.63) is 48.3 Å². The summed E-state index contributed by atoms with van der Waals surface area (Å²) in [6, 6.07) is 9.06. The minimum atomic E-state index is -0.415. The van der Waals surface area contributed by atoms with Crippen LogP contribution in [0.3, 0.4) is 0 Å². The summed E-state index contributed by atoms with van der Waals surface area (Å²) in [6.45, 7) is 0.324. The number of nitrogens with one attached hydrogen (secondary N) is 1. The van der Waals surface area contributed by atoms with Gasteiger partial charge in [0.05, 0.1) is 11.8 Å². The fourth-order valence-corrected chi connectivity index (χ4v) is 2.13. The molecule has 2 aromatic rings. The number of hydrogen-bond donors (Lipinski definition) is 2.